The first-order chi connectivity index (χ1) is 8.72. The first kappa shape index (κ1) is 12.0. The largest absolute Gasteiger partial charge is 0.392 e. The van der Waals surface area contributed by atoms with E-state index in [4.69, 9.17) is 5.11 Å². The number of aliphatic hydroxyl groups excluding tert-OH is 1. The molecule has 0 atom stereocenters. The number of benzene rings is 1. The van der Waals surface area contributed by atoms with Crippen LogP contribution in [0.1, 0.15) is 5.56 Å². The average molecular weight is 245 g/mol. The molecular weight excluding hydrogens is 234 g/mol. The molecule has 0 unspecified atom stereocenters. The fourth-order valence-corrected chi connectivity index (χ4v) is 1.56. The van der Waals surface area contributed by atoms with E-state index in [1.807, 2.05) is 0 Å². The number of hydrogen-bond acceptors (Lipinski definition) is 4. The summed E-state index contributed by atoms with van der Waals surface area (Å²) < 4.78 is 1.44. The first-order valence-corrected chi connectivity index (χ1v) is 5.28. The predicted molar refractivity (Wildman–Crippen MR) is 66.3 cm³/mol. The van der Waals surface area contributed by atoms with E-state index in [1.165, 1.54) is 10.7 Å². The van der Waals surface area contributed by atoms with Crippen LogP contribution in [0.25, 0.3) is 11.8 Å². The Morgan fingerprint density at radius 1 is 1.44 bits per heavy atom. The van der Waals surface area contributed by atoms with Gasteiger partial charge in [0, 0.05) is 17.8 Å². The zero-order valence-corrected chi connectivity index (χ0v) is 9.43. The summed E-state index contributed by atoms with van der Waals surface area (Å²) >= 11 is 0. The number of nitro benzene ring substituents is 1. The van der Waals surface area contributed by atoms with E-state index in [0.717, 1.165) is 5.56 Å². The highest BCUT2D eigenvalue weighted by Crippen LogP contribution is 2.21. The Balaban J connectivity index is 2.40. The van der Waals surface area contributed by atoms with E-state index in [9.17, 15) is 10.1 Å². The Morgan fingerprint density at radius 2 is 2.22 bits per heavy atom. The fraction of sp³-hybridized carbons (Fsp3) is 0.0833. The van der Waals surface area contributed by atoms with Crippen LogP contribution in [0.2, 0.25) is 0 Å². The normalized spacial score (nSPS) is 10.9. The molecule has 0 bridgehead atoms. The maximum absolute atomic E-state index is 10.9. The van der Waals surface area contributed by atoms with Gasteiger partial charge in [-0.1, -0.05) is 24.3 Å². The van der Waals surface area contributed by atoms with Crippen molar-refractivity contribution in [1.82, 2.24) is 9.78 Å². The minimum absolute atomic E-state index is 0.00159. The minimum Gasteiger partial charge on any atom is -0.392 e. The monoisotopic (exact) mass is 245 g/mol. The van der Waals surface area contributed by atoms with E-state index in [1.54, 1.807) is 42.7 Å². The van der Waals surface area contributed by atoms with Crippen LogP contribution in [0.15, 0.2) is 42.7 Å². The molecule has 1 aromatic carbocycles. The van der Waals surface area contributed by atoms with Crippen molar-refractivity contribution in [2.75, 3.05) is 6.61 Å². The Hall–Kier alpha value is -2.47. The molecule has 6 heteroatoms. The summed E-state index contributed by atoms with van der Waals surface area (Å²) in [5, 5.41) is 23.6. The van der Waals surface area contributed by atoms with Crippen LogP contribution in [0.3, 0.4) is 0 Å². The van der Waals surface area contributed by atoms with Gasteiger partial charge < -0.3 is 5.11 Å². The summed E-state index contributed by atoms with van der Waals surface area (Å²) in [6.45, 7) is -0.0589. The number of para-hydroxylation sites is 2. The summed E-state index contributed by atoms with van der Waals surface area (Å²) in [5.74, 6) is 0. The number of rotatable bonds is 4. The van der Waals surface area contributed by atoms with Crippen LogP contribution in [-0.4, -0.2) is 26.4 Å². The Labute approximate surface area is 103 Å². The van der Waals surface area contributed by atoms with Crippen LogP contribution >= 0.6 is 0 Å². The van der Waals surface area contributed by atoms with Crippen LogP contribution < -0.4 is 0 Å². The lowest BCUT2D eigenvalue weighted by atomic mass is 10.2. The molecule has 18 heavy (non-hydrogen) atoms. The number of hydrogen-bond donors (Lipinski definition) is 1. The number of nitro groups is 1. The molecule has 0 spiro atoms. The van der Waals surface area contributed by atoms with Gasteiger partial charge in [-0.15, -0.1) is 0 Å². The van der Waals surface area contributed by atoms with Gasteiger partial charge in [-0.2, -0.15) is 5.10 Å². The fourth-order valence-electron chi connectivity index (χ4n) is 1.56. The van der Waals surface area contributed by atoms with Crippen molar-refractivity contribution in [3.63, 3.8) is 0 Å². The van der Waals surface area contributed by atoms with Gasteiger partial charge in [-0.05, 0) is 6.07 Å². The highest BCUT2D eigenvalue weighted by Gasteiger charge is 2.14. The smallest absolute Gasteiger partial charge is 0.294 e. The molecule has 0 saturated heterocycles. The topological polar surface area (TPSA) is 81.2 Å². The molecule has 1 N–H and O–H groups in total. The van der Waals surface area contributed by atoms with E-state index < -0.39 is 4.92 Å². The molecule has 6 nitrogen and oxygen atoms in total. The van der Waals surface area contributed by atoms with Crippen molar-refractivity contribution in [3.8, 4) is 5.69 Å². The number of aromatic nitrogens is 2. The maximum Gasteiger partial charge on any atom is 0.294 e. The summed E-state index contributed by atoms with van der Waals surface area (Å²) in [4.78, 5) is 10.4. The summed E-state index contributed by atoms with van der Waals surface area (Å²) in [6.07, 6.45) is 6.50. The molecule has 2 rings (SSSR count). The maximum atomic E-state index is 10.9. The van der Waals surface area contributed by atoms with Crippen LogP contribution in [-0.2, 0) is 0 Å². The molecule has 1 heterocycles. The zero-order valence-electron chi connectivity index (χ0n) is 9.43. The second-order valence-corrected chi connectivity index (χ2v) is 3.55. The second-order valence-electron chi connectivity index (χ2n) is 3.55. The SMILES string of the molecule is O=[N+]([O-])c1ccccc1-n1cc(C=CCO)cn1. The van der Waals surface area contributed by atoms with Gasteiger partial charge in [0.15, 0.2) is 0 Å². The van der Waals surface area contributed by atoms with E-state index in [0.29, 0.717) is 5.69 Å². The Kier molecular flexibility index (Phi) is 3.49. The first-order valence-electron chi connectivity index (χ1n) is 5.28. The van der Waals surface area contributed by atoms with Gasteiger partial charge in [0.25, 0.3) is 5.69 Å². The van der Waals surface area contributed by atoms with Gasteiger partial charge in [-0.25, -0.2) is 4.68 Å². The third kappa shape index (κ3) is 2.44. The van der Waals surface area contributed by atoms with Crippen molar-refractivity contribution in [3.05, 3.63) is 58.4 Å². The van der Waals surface area contributed by atoms with Gasteiger partial charge in [0.05, 0.1) is 17.7 Å². The van der Waals surface area contributed by atoms with Crippen molar-refractivity contribution >= 4 is 11.8 Å². The van der Waals surface area contributed by atoms with Gasteiger partial charge >= 0.3 is 0 Å². The van der Waals surface area contributed by atoms with Crippen molar-refractivity contribution in [1.29, 1.82) is 0 Å². The second kappa shape index (κ2) is 5.24. The number of aliphatic hydroxyl groups is 1. The molecule has 0 amide bonds. The molecule has 0 aliphatic carbocycles. The molecule has 0 radical (unpaired) electrons. The molecule has 0 aliphatic rings. The molecular formula is C12H11N3O3. The van der Waals surface area contributed by atoms with Crippen LogP contribution in [0.4, 0.5) is 5.69 Å². The lowest BCUT2D eigenvalue weighted by Gasteiger charge is -2.01. The lowest BCUT2D eigenvalue weighted by Crippen LogP contribution is -1.99. The highest BCUT2D eigenvalue weighted by molar-refractivity contribution is 5.54. The van der Waals surface area contributed by atoms with Crippen LogP contribution in [0, 0.1) is 10.1 Å². The summed E-state index contributed by atoms with van der Waals surface area (Å²) in [5.41, 5.74) is 1.17. The molecule has 1 aromatic heterocycles. The van der Waals surface area contributed by atoms with Gasteiger partial charge in [-0.3, -0.25) is 10.1 Å². The van der Waals surface area contributed by atoms with E-state index in [-0.39, 0.29) is 12.3 Å². The molecule has 92 valence electrons. The Bertz CT molecular complexity index is 590. The molecule has 0 fully saturated rings. The average Bonchev–Trinajstić information content (AvgIpc) is 2.85. The number of nitrogens with zero attached hydrogens (tertiary/aromatic N) is 3. The van der Waals surface area contributed by atoms with Crippen molar-refractivity contribution in [2.45, 2.75) is 0 Å². The van der Waals surface area contributed by atoms with Crippen LogP contribution in [0.5, 0.6) is 0 Å². The standard InChI is InChI=1S/C12H11N3O3/c16-7-3-4-10-8-13-14(9-10)11-5-1-2-6-12(11)15(17)18/h1-6,8-9,16H,7H2. The van der Waals surface area contributed by atoms with Crippen molar-refractivity contribution in [2.24, 2.45) is 0 Å². The molecule has 2 aromatic rings. The summed E-state index contributed by atoms with van der Waals surface area (Å²) in [7, 11) is 0. The third-order valence-corrected chi connectivity index (χ3v) is 2.34. The summed E-state index contributed by atoms with van der Waals surface area (Å²) in [6, 6.07) is 6.38. The van der Waals surface area contributed by atoms with Crippen molar-refractivity contribution < 1.29 is 10.0 Å². The lowest BCUT2D eigenvalue weighted by molar-refractivity contribution is -0.384. The minimum atomic E-state index is -0.444. The molecule has 0 aliphatic heterocycles. The molecule has 0 saturated carbocycles. The van der Waals surface area contributed by atoms with E-state index in [2.05, 4.69) is 5.10 Å². The third-order valence-electron chi connectivity index (χ3n) is 2.34. The Morgan fingerprint density at radius 3 is 2.94 bits per heavy atom. The van der Waals surface area contributed by atoms with Gasteiger partial charge in [0.1, 0.15) is 5.69 Å². The predicted octanol–water partition coefficient (Wildman–Crippen LogP) is 1.79. The van der Waals surface area contributed by atoms with Gasteiger partial charge in [0.2, 0.25) is 0 Å². The zero-order chi connectivity index (χ0) is 13.0. The van der Waals surface area contributed by atoms with E-state index >= 15 is 0 Å². The quantitative estimate of drug-likeness (QED) is 0.657. The highest BCUT2D eigenvalue weighted by atomic mass is 16.6.